The molecule has 2 fully saturated rings. The normalized spacial score (nSPS) is 22.2. The molecule has 1 unspecified atom stereocenters. The smallest absolute Gasteiger partial charge is 0.325 e. The molecule has 5 rings (SSSR count). The maximum absolute atomic E-state index is 13.2. The number of hydrogen-bond donors (Lipinski definition) is 0. The lowest BCUT2D eigenvalue weighted by atomic mass is 9.73. The summed E-state index contributed by atoms with van der Waals surface area (Å²) < 4.78 is 5.76. The summed E-state index contributed by atoms with van der Waals surface area (Å²) in [5.41, 5.74) is 2.01. The van der Waals surface area contributed by atoms with Crippen molar-refractivity contribution in [2.75, 3.05) is 42.6 Å². The van der Waals surface area contributed by atoms with Crippen LogP contribution in [0.2, 0.25) is 5.02 Å². The number of nitrogens with zero attached hydrogens (tertiary/aromatic N) is 5. The fourth-order valence-electron chi connectivity index (χ4n) is 4.32. The van der Waals surface area contributed by atoms with Crippen LogP contribution < -0.4 is 14.5 Å². The minimum atomic E-state index is -0.0171. The molecule has 28 heavy (non-hydrogen) atoms. The molecule has 3 aliphatic rings. The molecule has 0 aliphatic carbocycles. The summed E-state index contributed by atoms with van der Waals surface area (Å²) >= 11 is 6.07. The van der Waals surface area contributed by atoms with E-state index in [2.05, 4.69) is 14.9 Å². The van der Waals surface area contributed by atoms with Gasteiger partial charge in [0.2, 0.25) is 5.95 Å². The highest BCUT2D eigenvalue weighted by atomic mass is 35.5. The van der Waals surface area contributed by atoms with Crippen molar-refractivity contribution in [1.29, 1.82) is 0 Å². The van der Waals surface area contributed by atoms with Crippen LogP contribution in [0.25, 0.3) is 0 Å². The number of aromatic nitrogens is 2. The van der Waals surface area contributed by atoms with Crippen LogP contribution in [0.15, 0.2) is 30.6 Å². The average molecular weight is 400 g/mol. The molecular weight excluding hydrogens is 378 g/mol. The van der Waals surface area contributed by atoms with Crippen LogP contribution in [0, 0.1) is 12.3 Å². The molecule has 2 amide bonds. The van der Waals surface area contributed by atoms with E-state index < -0.39 is 0 Å². The van der Waals surface area contributed by atoms with Crippen molar-refractivity contribution in [2.45, 2.75) is 19.9 Å². The predicted molar refractivity (Wildman–Crippen MR) is 107 cm³/mol. The third kappa shape index (κ3) is 2.76. The zero-order chi connectivity index (χ0) is 19.5. The van der Waals surface area contributed by atoms with Crippen molar-refractivity contribution >= 4 is 29.3 Å². The first-order valence-electron chi connectivity index (χ1n) is 9.48. The van der Waals surface area contributed by atoms with Crippen LogP contribution in [0.1, 0.15) is 12.5 Å². The average Bonchev–Trinajstić information content (AvgIpc) is 2.60. The lowest BCUT2D eigenvalue weighted by molar-refractivity contribution is 0.00814. The molecule has 3 aliphatic heterocycles. The van der Waals surface area contributed by atoms with Crippen molar-refractivity contribution < 1.29 is 9.53 Å². The molecule has 8 heteroatoms. The van der Waals surface area contributed by atoms with Gasteiger partial charge < -0.3 is 14.5 Å². The summed E-state index contributed by atoms with van der Waals surface area (Å²) in [6, 6.07) is 5.45. The van der Waals surface area contributed by atoms with Crippen LogP contribution >= 0.6 is 11.6 Å². The van der Waals surface area contributed by atoms with E-state index in [4.69, 9.17) is 16.3 Å². The Morgan fingerprint density at radius 3 is 2.64 bits per heavy atom. The molecule has 1 aromatic heterocycles. The van der Waals surface area contributed by atoms with Gasteiger partial charge in [-0.05, 0) is 31.5 Å². The fraction of sp³-hybridized carbons (Fsp3) is 0.450. The molecule has 7 nitrogen and oxygen atoms in total. The Balaban J connectivity index is 1.25. The molecule has 0 N–H and O–H groups in total. The van der Waals surface area contributed by atoms with Gasteiger partial charge in [0.1, 0.15) is 12.4 Å². The number of carbonyl (C=O) groups is 1. The van der Waals surface area contributed by atoms with E-state index in [9.17, 15) is 4.79 Å². The van der Waals surface area contributed by atoms with Crippen molar-refractivity contribution in [2.24, 2.45) is 5.41 Å². The molecule has 1 atom stereocenters. The Hall–Kier alpha value is -2.54. The zero-order valence-corrected chi connectivity index (χ0v) is 16.7. The number of halogens is 1. The fourth-order valence-corrected chi connectivity index (χ4v) is 4.48. The van der Waals surface area contributed by atoms with Gasteiger partial charge in [-0.25, -0.2) is 14.8 Å². The molecule has 0 bridgehead atoms. The maximum atomic E-state index is 13.2. The number of urea groups is 1. The minimum Gasteiger partial charge on any atom is -0.489 e. The summed E-state index contributed by atoms with van der Waals surface area (Å²) in [4.78, 5) is 27.9. The molecule has 1 spiro atoms. The maximum Gasteiger partial charge on any atom is 0.325 e. The quantitative estimate of drug-likeness (QED) is 0.737. The van der Waals surface area contributed by atoms with Gasteiger partial charge in [-0.1, -0.05) is 11.6 Å². The summed E-state index contributed by atoms with van der Waals surface area (Å²) in [7, 11) is 0. The van der Waals surface area contributed by atoms with Gasteiger partial charge in [-0.2, -0.15) is 0 Å². The van der Waals surface area contributed by atoms with Gasteiger partial charge in [-0.3, -0.25) is 4.90 Å². The lowest BCUT2D eigenvalue weighted by Crippen LogP contribution is -2.74. The topological polar surface area (TPSA) is 61.8 Å². The van der Waals surface area contributed by atoms with Gasteiger partial charge >= 0.3 is 6.03 Å². The van der Waals surface area contributed by atoms with E-state index in [0.29, 0.717) is 17.4 Å². The number of rotatable bonds is 1. The van der Waals surface area contributed by atoms with E-state index in [1.165, 1.54) is 0 Å². The zero-order valence-electron chi connectivity index (χ0n) is 15.9. The van der Waals surface area contributed by atoms with Gasteiger partial charge in [0, 0.05) is 55.1 Å². The highest BCUT2D eigenvalue weighted by Crippen LogP contribution is 2.43. The van der Waals surface area contributed by atoms with Crippen LogP contribution in [-0.2, 0) is 0 Å². The highest BCUT2D eigenvalue weighted by Gasteiger charge is 2.55. The Morgan fingerprint density at radius 1 is 1.21 bits per heavy atom. The van der Waals surface area contributed by atoms with Crippen LogP contribution in [0.3, 0.4) is 0 Å². The first-order chi connectivity index (χ1) is 13.4. The van der Waals surface area contributed by atoms with E-state index in [-0.39, 0.29) is 17.5 Å². The van der Waals surface area contributed by atoms with Crippen LogP contribution in [0.4, 0.5) is 16.4 Å². The number of amides is 2. The molecule has 146 valence electrons. The first-order valence-corrected chi connectivity index (χ1v) is 9.86. The number of ether oxygens (including phenoxy) is 1. The molecule has 2 aromatic rings. The Morgan fingerprint density at radius 2 is 1.93 bits per heavy atom. The molecular formula is C20H22ClN5O2. The second kappa shape index (κ2) is 6.24. The third-order valence-corrected chi connectivity index (χ3v) is 5.97. The SMILES string of the molecule is Cc1cnc(N2CC3(CN(C(=O)N4c5ccc(Cl)cc5OCC4C)C3)C2)nc1. The van der Waals surface area contributed by atoms with E-state index in [1.807, 2.05) is 42.1 Å². The van der Waals surface area contributed by atoms with E-state index in [0.717, 1.165) is 43.4 Å². The second-order valence-electron chi connectivity index (χ2n) is 8.20. The molecule has 2 saturated heterocycles. The Kier molecular flexibility index (Phi) is 3.91. The second-order valence-corrected chi connectivity index (χ2v) is 8.63. The largest absolute Gasteiger partial charge is 0.489 e. The number of aryl methyl sites for hydroxylation is 1. The van der Waals surface area contributed by atoms with Crippen LogP contribution in [-0.4, -0.2) is 59.7 Å². The first kappa shape index (κ1) is 17.6. The Bertz CT molecular complexity index is 921. The van der Waals surface area contributed by atoms with Gasteiger partial charge in [-0.15, -0.1) is 0 Å². The summed E-state index contributed by atoms with van der Waals surface area (Å²) in [5, 5.41) is 0.608. The number of anilines is 2. The predicted octanol–water partition coefficient (Wildman–Crippen LogP) is 2.97. The van der Waals surface area contributed by atoms with Crippen molar-refractivity contribution in [3.05, 3.63) is 41.2 Å². The molecule has 4 heterocycles. The molecule has 0 saturated carbocycles. The van der Waals surface area contributed by atoms with Crippen molar-refractivity contribution in [3.63, 3.8) is 0 Å². The summed E-state index contributed by atoms with van der Waals surface area (Å²) in [6.45, 7) is 7.77. The van der Waals surface area contributed by atoms with E-state index >= 15 is 0 Å². The summed E-state index contributed by atoms with van der Waals surface area (Å²) in [5.74, 6) is 1.44. The molecule has 1 aromatic carbocycles. The standard InChI is InChI=1S/C20H22ClN5O2/c1-13-6-22-18(23-7-13)24-9-20(10-24)11-25(12-20)19(27)26-14(2)8-28-17-5-15(21)3-4-16(17)26/h3-7,14H,8-12H2,1-2H3. The number of fused-ring (bicyclic) bond motifs is 1. The van der Waals surface area contributed by atoms with Crippen molar-refractivity contribution in [3.8, 4) is 5.75 Å². The minimum absolute atomic E-state index is 0.0171. The monoisotopic (exact) mass is 399 g/mol. The van der Waals surface area contributed by atoms with Crippen LogP contribution in [0.5, 0.6) is 5.75 Å². The summed E-state index contributed by atoms with van der Waals surface area (Å²) in [6.07, 6.45) is 3.68. The van der Waals surface area contributed by atoms with Gasteiger partial charge in [0.05, 0.1) is 11.7 Å². The Labute approximate surface area is 168 Å². The number of hydrogen-bond acceptors (Lipinski definition) is 5. The highest BCUT2D eigenvalue weighted by molar-refractivity contribution is 6.30. The number of carbonyl (C=O) groups excluding carboxylic acids is 1. The van der Waals surface area contributed by atoms with Gasteiger partial charge in [0.25, 0.3) is 0 Å². The van der Waals surface area contributed by atoms with Gasteiger partial charge in [0.15, 0.2) is 0 Å². The third-order valence-electron chi connectivity index (χ3n) is 5.73. The van der Waals surface area contributed by atoms with Crippen molar-refractivity contribution in [1.82, 2.24) is 14.9 Å². The van der Waals surface area contributed by atoms with E-state index in [1.54, 1.807) is 12.1 Å². The number of likely N-dealkylation sites (tertiary alicyclic amines) is 1. The molecule has 0 radical (unpaired) electrons. The number of benzene rings is 1. The lowest BCUT2D eigenvalue weighted by Gasteiger charge is -2.60.